The molecule has 3 rings (SSSR count). The molecule has 0 radical (unpaired) electrons. The number of phenolic OH excluding ortho intramolecular Hbond substituents is 1. The van der Waals surface area contributed by atoms with E-state index in [4.69, 9.17) is 5.73 Å². The van der Waals surface area contributed by atoms with Crippen LogP contribution in [0.4, 0.5) is 5.82 Å². The predicted molar refractivity (Wildman–Crippen MR) is 82.0 cm³/mol. The van der Waals surface area contributed by atoms with Crippen LogP contribution >= 0.6 is 0 Å². The van der Waals surface area contributed by atoms with Crippen molar-refractivity contribution in [2.24, 2.45) is 0 Å². The summed E-state index contributed by atoms with van der Waals surface area (Å²) in [6.07, 6.45) is 4.30. The van der Waals surface area contributed by atoms with E-state index < -0.39 is 0 Å². The molecule has 0 saturated heterocycles. The van der Waals surface area contributed by atoms with Gasteiger partial charge < -0.3 is 10.8 Å². The maximum atomic E-state index is 10.2. The highest BCUT2D eigenvalue weighted by molar-refractivity contribution is 5.88. The van der Waals surface area contributed by atoms with Crippen LogP contribution in [-0.2, 0) is 6.42 Å². The fourth-order valence-electron chi connectivity index (χ4n) is 2.73. The van der Waals surface area contributed by atoms with Gasteiger partial charge in [0.1, 0.15) is 17.2 Å². The van der Waals surface area contributed by atoms with Crippen LogP contribution in [0.15, 0.2) is 30.3 Å². The van der Waals surface area contributed by atoms with Crippen molar-refractivity contribution in [2.45, 2.75) is 32.6 Å². The number of benzene rings is 1. The lowest BCUT2D eigenvalue weighted by Crippen LogP contribution is -1.99. The molecule has 0 saturated carbocycles. The number of rotatable bonds is 4. The number of fused-ring (bicyclic) bond motifs is 3. The van der Waals surface area contributed by atoms with Gasteiger partial charge in [0.15, 0.2) is 0 Å². The van der Waals surface area contributed by atoms with E-state index in [0.717, 1.165) is 35.1 Å². The largest absolute Gasteiger partial charge is 0.506 e. The van der Waals surface area contributed by atoms with Gasteiger partial charge in [0.2, 0.25) is 0 Å². The quantitative estimate of drug-likeness (QED) is 0.712. The Hall–Kier alpha value is -2.23. The first-order valence-electron chi connectivity index (χ1n) is 7.10. The molecule has 0 aliphatic heterocycles. The van der Waals surface area contributed by atoms with Crippen LogP contribution in [0.5, 0.6) is 5.75 Å². The van der Waals surface area contributed by atoms with Crippen molar-refractivity contribution in [3.63, 3.8) is 0 Å². The third-order valence-electron chi connectivity index (χ3n) is 3.73. The Morgan fingerprint density at radius 1 is 1.20 bits per heavy atom. The number of aryl methyl sites for hydroxylation is 1. The van der Waals surface area contributed by atoms with Gasteiger partial charge in [-0.15, -0.1) is 0 Å². The number of para-hydroxylation sites is 1. The summed E-state index contributed by atoms with van der Waals surface area (Å²) in [5.41, 5.74) is 8.65. The molecule has 104 valence electrons. The van der Waals surface area contributed by atoms with Crippen LogP contribution in [0, 0.1) is 0 Å². The summed E-state index contributed by atoms with van der Waals surface area (Å²) < 4.78 is 2.00. The Morgan fingerprint density at radius 3 is 2.85 bits per heavy atom. The second-order valence-electron chi connectivity index (χ2n) is 5.14. The SMILES string of the molecule is CCCCCc1c(N)nc2ccc3cccc(O)c3n12. The molecule has 2 heterocycles. The van der Waals surface area contributed by atoms with Crippen LogP contribution in [0.1, 0.15) is 31.9 Å². The van der Waals surface area contributed by atoms with E-state index in [9.17, 15) is 5.11 Å². The summed E-state index contributed by atoms with van der Waals surface area (Å²) in [5.74, 6) is 0.832. The van der Waals surface area contributed by atoms with Crippen LogP contribution in [0.25, 0.3) is 16.6 Å². The summed E-state index contributed by atoms with van der Waals surface area (Å²) in [4.78, 5) is 4.41. The Labute approximate surface area is 117 Å². The number of unbranched alkanes of at least 4 members (excludes halogenated alkanes) is 2. The van der Waals surface area contributed by atoms with Crippen LogP contribution in [0.3, 0.4) is 0 Å². The number of pyridine rings is 1. The Balaban J connectivity index is 2.25. The predicted octanol–water partition coefficient (Wildman–Crippen LogP) is 3.51. The minimum atomic E-state index is 0.266. The van der Waals surface area contributed by atoms with E-state index in [0.29, 0.717) is 5.82 Å². The zero-order chi connectivity index (χ0) is 14.1. The molecule has 0 aliphatic carbocycles. The molecule has 0 amide bonds. The summed E-state index contributed by atoms with van der Waals surface area (Å²) in [6, 6.07) is 9.45. The third-order valence-corrected chi connectivity index (χ3v) is 3.73. The molecule has 1 aromatic carbocycles. The third kappa shape index (κ3) is 1.97. The van der Waals surface area contributed by atoms with E-state index in [2.05, 4.69) is 11.9 Å². The topological polar surface area (TPSA) is 63.5 Å². The Kier molecular flexibility index (Phi) is 3.22. The van der Waals surface area contributed by atoms with E-state index in [1.807, 2.05) is 28.7 Å². The van der Waals surface area contributed by atoms with E-state index in [1.165, 1.54) is 12.8 Å². The first kappa shape index (κ1) is 12.8. The molecule has 0 fully saturated rings. The number of nitrogen functional groups attached to an aromatic ring is 1. The fraction of sp³-hybridized carbons (Fsp3) is 0.312. The average molecular weight is 269 g/mol. The molecule has 4 nitrogen and oxygen atoms in total. The second kappa shape index (κ2) is 5.04. The summed E-state index contributed by atoms with van der Waals surface area (Å²) in [6.45, 7) is 2.18. The summed E-state index contributed by atoms with van der Waals surface area (Å²) in [7, 11) is 0. The van der Waals surface area contributed by atoms with Crippen molar-refractivity contribution >= 4 is 22.4 Å². The highest BCUT2D eigenvalue weighted by atomic mass is 16.3. The van der Waals surface area contributed by atoms with E-state index in [1.54, 1.807) is 6.07 Å². The maximum absolute atomic E-state index is 10.2. The molecular weight excluding hydrogens is 250 g/mol. The van der Waals surface area contributed by atoms with Crippen molar-refractivity contribution in [3.8, 4) is 5.75 Å². The maximum Gasteiger partial charge on any atom is 0.145 e. The molecule has 0 unspecified atom stereocenters. The molecule has 2 aromatic heterocycles. The lowest BCUT2D eigenvalue weighted by atomic mass is 10.1. The molecule has 0 bridgehead atoms. The first-order chi connectivity index (χ1) is 9.72. The van der Waals surface area contributed by atoms with Gasteiger partial charge in [-0.3, -0.25) is 4.40 Å². The Morgan fingerprint density at radius 2 is 2.05 bits per heavy atom. The lowest BCUT2D eigenvalue weighted by Gasteiger charge is -2.08. The molecular formula is C16H19N3O. The zero-order valence-corrected chi connectivity index (χ0v) is 11.6. The van der Waals surface area contributed by atoms with Gasteiger partial charge in [-0.25, -0.2) is 4.98 Å². The normalized spacial score (nSPS) is 11.4. The standard InChI is InChI=1S/C16H19N3O/c1-2-3-4-7-12-16(17)18-14-10-9-11-6-5-8-13(20)15(11)19(12)14/h5-6,8-10,20H,2-4,7,17H2,1H3. The molecule has 0 atom stereocenters. The number of anilines is 1. The van der Waals surface area contributed by atoms with Crippen molar-refractivity contribution in [2.75, 3.05) is 5.73 Å². The lowest BCUT2D eigenvalue weighted by molar-refractivity contribution is 0.479. The fourth-order valence-corrected chi connectivity index (χ4v) is 2.73. The number of hydrogen-bond acceptors (Lipinski definition) is 3. The minimum Gasteiger partial charge on any atom is -0.506 e. The van der Waals surface area contributed by atoms with Gasteiger partial charge in [0.25, 0.3) is 0 Å². The summed E-state index contributed by atoms with van der Waals surface area (Å²) in [5, 5.41) is 11.2. The number of imidazole rings is 1. The average Bonchev–Trinajstić information content (AvgIpc) is 2.76. The van der Waals surface area contributed by atoms with Gasteiger partial charge in [-0.1, -0.05) is 31.9 Å². The van der Waals surface area contributed by atoms with E-state index in [-0.39, 0.29) is 5.75 Å². The van der Waals surface area contributed by atoms with Crippen LogP contribution < -0.4 is 5.73 Å². The monoisotopic (exact) mass is 269 g/mol. The summed E-state index contributed by atoms with van der Waals surface area (Å²) >= 11 is 0. The molecule has 4 heteroatoms. The smallest absolute Gasteiger partial charge is 0.145 e. The number of aromatic nitrogens is 2. The number of phenols is 1. The molecule has 20 heavy (non-hydrogen) atoms. The Bertz CT molecular complexity index is 761. The van der Waals surface area contributed by atoms with Crippen LogP contribution in [0.2, 0.25) is 0 Å². The van der Waals surface area contributed by atoms with Gasteiger partial charge in [-0.05, 0) is 31.0 Å². The van der Waals surface area contributed by atoms with E-state index >= 15 is 0 Å². The number of nitrogens with two attached hydrogens (primary N) is 1. The van der Waals surface area contributed by atoms with Crippen molar-refractivity contribution in [3.05, 3.63) is 36.0 Å². The number of aromatic hydroxyl groups is 1. The second-order valence-corrected chi connectivity index (χ2v) is 5.14. The number of hydrogen-bond donors (Lipinski definition) is 2. The van der Waals surface area contributed by atoms with Gasteiger partial charge >= 0.3 is 0 Å². The first-order valence-corrected chi connectivity index (χ1v) is 7.10. The van der Waals surface area contributed by atoms with Crippen molar-refractivity contribution < 1.29 is 5.11 Å². The number of nitrogens with zero attached hydrogens (tertiary/aromatic N) is 2. The molecule has 3 aromatic rings. The molecule has 0 aliphatic rings. The van der Waals surface area contributed by atoms with Crippen LogP contribution in [-0.4, -0.2) is 14.5 Å². The van der Waals surface area contributed by atoms with Gasteiger partial charge in [0, 0.05) is 5.39 Å². The van der Waals surface area contributed by atoms with Crippen molar-refractivity contribution in [1.29, 1.82) is 0 Å². The highest BCUT2D eigenvalue weighted by Crippen LogP contribution is 2.29. The van der Waals surface area contributed by atoms with Gasteiger partial charge in [0.05, 0.1) is 11.2 Å². The highest BCUT2D eigenvalue weighted by Gasteiger charge is 2.13. The zero-order valence-electron chi connectivity index (χ0n) is 11.6. The molecule has 0 spiro atoms. The van der Waals surface area contributed by atoms with Crippen molar-refractivity contribution in [1.82, 2.24) is 9.38 Å². The van der Waals surface area contributed by atoms with Gasteiger partial charge in [-0.2, -0.15) is 0 Å². The molecule has 3 N–H and O–H groups in total. The minimum absolute atomic E-state index is 0.266.